The Morgan fingerprint density at radius 3 is 1.35 bits per heavy atom. The summed E-state index contributed by atoms with van der Waals surface area (Å²) >= 11 is 0. The van der Waals surface area contributed by atoms with Crippen molar-refractivity contribution in [1.29, 1.82) is 0 Å². The van der Waals surface area contributed by atoms with Crippen molar-refractivity contribution in [2.45, 2.75) is 6.92 Å². The second-order valence-electron chi connectivity index (χ2n) is 14.5. The number of hydrogen-bond donors (Lipinski definition) is 0. The van der Waals surface area contributed by atoms with Gasteiger partial charge in [-0.05, 0) is 87.1 Å². The Labute approximate surface area is 319 Å². The Balaban J connectivity index is 1.06. The minimum atomic E-state index is 1.14. The van der Waals surface area contributed by atoms with E-state index in [1.54, 1.807) is 0 Å². The Morgan fingerprint density at radius 1 is 0.400 bits per heavy atom. The monoisotopic (exact) mass is 700 g/mol. The van der Waals surface area contributed by atoms with Gasteiger partial charge in [-0.2, -0.15) is 0 Å². The highest BCUT2D eigenvalue weighted by molar-refractivity contribution is 6.32. The van der Waals surface area contributed by atoms with Gasteiger partial charge in [0.2, 0.25) is 0 Å². The molecule has 2 heterocycles. The van der Waals surface area contributed by atoms with Crippen LogP contribution < -0.4 is 0 Å². The maximum absolute atomic E-state index is 3.97. The minimum Gasteiger partial charge on any atom is -0.309 e. The Morgan fingerprint density at radius 2 is 0.800 bits per heavy atom. The van der Waals surface area contributed by atoms with Gasteiger partial charge in [-0.1, -0.05) is 158 Å². The van der Waals surface area contributed by atoms with E-state index in [2.05, 4.69) is 199 Å². The molecule has 55 heavy (non-hydrogen) atoms. The van der Waals surface area contributed by atoms with Crippen molar-refractivity contribution in [1.82, 2.24) is 9.13 Å². The third-order valence-electron chi connectivity index (χ3n) is 11.7. The van der Waals surface area contributed by atoms with Crippen molar-refractivity contribution in [2.75, 3.05) is 0 Å². The maximum atomic E-state index is 3.97. The molecule has 11 rings (SSSR count). The van der Waals surface area contributed by atoms with Crippen LogP contribution in [-0.4, -0.2) is 9.13 Å². The molecule has 0 bridgehead atoms. The fraction of sp³-hybridized carbons (Fsp3) is 0.0189. The van der Waals surface area contributed by atoms with Crippen LogP contribution in [0, 0.1) is 6.92 Å². The largest absolute Gasteiger partial charge is 0.309 e. The molecule has 0 aliphatic carbocycles. The maximum Gasteiger partial charge on any atom is 0.0625 e. The number of nitrogens with zero attached hydrogens (tertiary/aromatic N) is 2. The summed E-state index contributed by atoms with van der Waals surface area (Å²) in [7, 11) is 0. The van der Waals surface area contributed by atoms with E-state index >= 15 is 0 Å². The van der Waals surface area contributed by atoms with E-state index in [0.717, 1.165) is 11.4 Å². The average Bonchev–Trinajstić information content (AvgIpc) is 3.78. The molecule has 0 amide bonds. The molecule has 0 aliphatic rings. The zero-order chi connectivity index (χ0) is 36.6. The molecule has 2 aromatic heterocycles. The number of fused-ring (bicyclic) bond motifs is 13. The molecule has 0 fully saturated rings. The normalized spacial score (nSPS) is 12.1. The van der Waals surface area contributed by atoms with Gasteiger partial charge in [0, 0.05) is 43.7 Å². The number of para-hydroxylation sites is 2. The van der Waals surface area contributed by atoms with Gasteiger partial charge < -0.3 is 9.13 Å². The molecule has 0 N–H and O–H groups in total. The smallest absolute Gasteiger partial charge is 0.0625 e. The van der Waals surface area contributed by atoms with Crippen LogP contribution in [0.5, 0.6) is 0 Å². The summed E-state index contributed by atoms with van der Waals surface area (Å²) in [6.07, 6.45) is 6.12. The van der Waals surface area contributed by atoms with Crippen LogP contribution in [0.2, 0.25) is 0 Å². The van der Waals surface area contributed by atoms with Crippen LogP contribution >= 0.6 is 0 Å². The summed E-state index contributed by atoms with van der Waals surface area (Å²) in [6.45, 7) is 6.20. The van der Waals surface area contributed by atoms with Crippen molar-refractivity contribution >= 4 is 82.0 Å². The highest BCUT2D eigenvalue weighted by Gasteiger charge is 2.21. The highest BCUT2D eigenvalue weighted by Crippen LogP contribution is 2.44. The second kappa shape index (κ2) is 12.2. The van der Waals surface area contributed by atoms with Crippen molar-refractivity contribution < 1.29 is 0 Å². The fourth-order valence-electron chi connectivity index (χ4n) is 9.26. The predicted octanol–water partition coefficient (Wildman–Crippen LogP) is 14.5. The molecule has 2 nitrogen and oxygen atoms in total. The number of aromatic nitrogens is 2. The molecule has 11 aromatic rings. The summed E-state index contributed by atoms with van der Waals surface area (Å²) in [5.74, 6) is 0. The lowest BCUT2D eigenvalue weighted by atomic mass is 9.94. The predicted molar refractivity (Wildman–Crippen MR) is 237 cm³/mol. The Kier molecular flexibility index (Phi) is 6.96. The molecular weight excluding hydrogens is 665 g/mol. The van der Waals surface area contributed by atoms with Gasteiger partial charge in [0.25, 0.3) is 0 Å². The van der Waals surface area contributed by atoms with E-state index < -0.39 is 0 Å². The van der Waals surface area contributed by atoms with Crippen molar-refractivity contribution in [2.24, 2.45) is 0 Å². The summed E-state index contributed by atoms with van der Waals surface area (Å²) in [6, 6.07) is 62.3. The molecule has 9 aromatic carbocycles. The van der Waals surface area contributed by atoms with Crippen LogP contribution in [-0.2, 0) is 0 Å². The molecule has 258 valence electrons. The average molecular weight is 701 g/mol. The zero-order valence-electron chi connectivity index (χ0n) is 30.5. The van der Waals surface area contributed by atoms with E-state index in [0.29, 0.717) is 0 Å². The first-order valence-electron chi connectivity index (χ1n) is 19.0. The van der Waals surface area contributed by atoms with Gasteiger partial charge in [-0.25, -0.2) is 0 Å². The van der Waals surface area contributed by atoms with Gasteiger partial charge in [0.1, 0.15) is 0 Å². The van der Waals surface area contributed by atoms with Crippen LogP contribution in [0.1, 0.15) is 11.1 Å². The standard InChI is InChI=1S/C53H36N2/c1-3-4-15-40-34(2)39-16-5-9-20-44(39)52-50(40)46-22-11-13-24-48(46)54(52)37-30-26-35(27-31-37)36-28-32-38(33-29-36)55-49-25-14-12-23-47(49)51-43-19-8-6-17-41(43)42-18-7-10-21-45(42)53(51)55/h3-33H,1H2,2H3/b15-4-. The Hall–Kier alpha value is -7.16. The SMILES string of the molecule is C=C/C=C\c1c(C)c2ccccc2c2c1c1ccccc1n2-c1ccc(-c2ccc(-n3c4ccccc4c4c5ccccc5c5ccccc5c43)cc2)cc1. The third-order valence-corrected chi connectivity index (χ3v) is 11.7. The summed E-state index contributed by atoms with van der Waals surface area (Å²) < 4.78 is 4.90. The third kappa shape index (κ3) is 4.55. The molecule has 0 saturated heterocycles. The van der Waals surface area contributed by atoms with E-state index in [-0.39, 0.29) is 0 Å². The minimum absolute atomic E-state index is 1.14. The van der Waals surface area contributed by atoms with Crippen LogP contribution in [0.4, 0.5) is 0 Å². The second-order valence-corrected chi connectivity index (χ2v) is 14.5. The topological polar surface area (TPSA) is 9.86 Å². The van der Waals surface area contributed by atoms with Gasteiger partial charge in [0.05, 0.1) is 22.1 Å². The van der Waals surface area contributed by atoms with E-state index in [9.17, 15) is 0 Å². The summed E-state index contributed by atoms with van der Waals surface area (Å²) in [4.78, 5) is 0. The first-order chi connectivity index (χ1) is 27.2. The van der Waals surface area contributed by atoms with E-state index in [4.69, 9.17) is 0 Å². The van der Waals surface area contributed by atoms with Crippen LogP contribution in [0.15, 0.2) is 189 Å². The lowest BCUT2D eigenvalue weighted by molar-refractivity contribution is 1.18. The molecule has 0 saturated carbocycles. The number of hydrogen-bond acceptors (Lipinski definition) is 0. The number of benzene rings is 9. The number of aryl methyl sites for hydroxylation is 1. The zero-order valence-corrected chi connectivity index (χ0v) is 30.5. The highest BCUT2D eigenvalue weighted by atomic mass is 15.0. The lowest BCUT2D eigenvalue weighted by Gasteiger charge is -2.14. The first-order valence-corrected chi connectivity index (χ1v) is 19.0. The van der Waals surface area contributed by atoms with Gasteiger partial charge in [-0.3, -0.25) is 0 Å². The molecule has 0 spiro atoms. The molecule has 0 atom stereocenters. The number of rotatable bonds is 5. The molecule has 0 radical (unpaired) electrons. The van der Waals surface area contributed by atoms with E-state index in [1.807, 2.05) is 12.2 Å². The fourth-order valence-corrected chi connectivity index (χ4v) is 9.26. The Bertz CT molecular complexity index is 3370. The first kappa shape index (κ1) is 31.4. The van der Waals surface area contributed by atoms with Crippen molar-refractivity contribution in [3.8, 4) is 22.5 Å². The number of allylic oxidation sites excluding steroid dienone is 2. The summed E-state index contributed by atoms with van der Waals surface area (Å²) in [5.41, 5.74) is 12.1. The van der Waals surface area contributed by atoms with Gasteiger partial charge >= 0.3 is 0 Å². The van der Waals surface area contributed by atoms with Crippen LogP contribution in [0.3, 0.4) is 0 Å². The van der Waals surface area contributed by atoms with E-state index in [1.165, 1.54) is 98.2 Å². The molecular formula is C53H36N2. The van der Waals surface area contributed by atoms with Gasteiger partial charge in [-0.15, -0.1) is 0 Å². The lowest BCUT2D eigenvalue weighted by Crippen LogP contribution is -1.96. The molecule has 0 unspecified atom stereocenters. The molecule has 0 aliphatic heterocycles. The van der Waals surface area contributed by atoms with Gasteiger partial charge in [0.15, 0.2) is 0 Å². The molecule has 2 heteroatoms. The van der Waals surface area contributed by atoms with Crippen molar-refractivity contribution in [3.05, 3.63) is 200 Å². The van der Waals surface area contributed by atoms with Crippen molar-refractivity contribution in [3.63, 3.8) is 0 Å². The summed E-state index contributed by atoms with van der Waals surface area (Å²) in [5, 5.41) is 12.8. The van der Waals surface area contributed by atoms with Crippen LogP contribution in [0.25, 0.3) is 105 Å². The quantitative estimate of drug-likeness (QED) is 0.125.